The number of anilines is 1. The van der Waals surface area contributed by atoms with Gasteiger partial charge in [0.25, 0.3) is 0 Å². The van der Waals surface area contributed by atoms with Gasteiger partial charge < -0.3 is 5.73 Å². The van der Waals surface area contributed by atoms with Crippen LogP contribution in [0.3, 0.4) is 0 Å². The van der Waals surface area contributed by atoms with Crippen molar-refractivity contribution in [2.75, 3.05) is 18.5 Å². The molecule has 1 heterocycles. The highest BCUT2D eigenvalue weighted by atomic mass is 32.2. The van der Waals surface area contributed by atoms with Crippen molar-refractivity contribution in [1.29, 1.82) is 0 Å². The zero-order valence-electron chi connectivity index (χ0n) is 10.9. The average molecular weight is 292 g/mol. The fourth-order valence-corrected chi connectivity index (χ4v) is 2.85. The molecule has 1 aromatic rings. The van der Waals surface area contributed by atoms with E-state index in [4.69, 9.17) is 5.73 Å². The largest absolute Gasteiger partial charge is 0.381 e. The van der Waals surface area contributed by atoms with Crippen LogP contribution in [0, 0.1) is 0 Å². The summed E-state index contributed by atoms with van der Waals surface area (Å²) in [4.78, 5) is 0.0566. The molecule has 1 rings (SSSR count). The molecule has 0 saturated carbocycles. The topological polar surface area (TPSA) is 90.0 Å². The fourth-order valence-electron chi connectivity index (χ4n) is 1.38. The molecule has 0 aliphatic rings. The van der Waals surface area contributed by atoms with Crippen LogP contribution in [0.2, 0.25) is 0 Å². The summed E-state index contributed by atoms with van der Waals surface area (Å²) < 4.78 is 28.1. The number of nitrogens with two attached hydrogens (primary N) is 1. The second-order valence-electron chi connectivity index (χ2n) is 3.97. The van der Waals surface area contributed by atoms with Gasteiger partial charge in [0, 0.05) is 24.5 Å². The molecule has 0 bridgehead atoms. The Balaban J connectivity index is 2.71. The van der Waals surface area contributed by atoms with Gasteiger partial charge in [-0.1, -0.05) is 6.92 Å². The maximum atomic E-state index is 12.0. The van der Waals surface area contributed by atoms with Crippen LogP contribution >= 0.6 is 11.8 Å². The molecule has 1 unspecified atom stereocenters. The van der Waals surface area contributed by atoms with Crippen LogP contribution in [-0.4, -0.2) is 36.2 Å². The molecule has 0 radical (unpaired) electrons. The van der Waals surface area contributed by atoms with E-state index in [1.165, 1.54) is 10.9 Å². The number of aromatic nitrogens is 2. The number of rotatable bonds is 7. The van der Waals surface area contributed by atoms with E-state index >= 15 is 0 Å². The minimum absolute atomic E-state index is 0.0438. The highest BCUT2D eigenvalue weighted by molar-refractivity contribution is 7.99. The summed E-state index contributed by atoms with van der Waals surface area (Å²) in [5.41, 5.74) is 5.61. The molecule has 0 aliphatic heterocycles. The molecule has 1 aromatic heterocycles. The number of nitrogens with one attached hydrogen (secondary N) is 1. The van der Waals surface area contributed by atoms with Gasteiger partial charge in [-0.3, -0.25) is 4.68 Å². The number of thioether (sulfide) groups is 1. The summed E-state index contributed by atoms with van der Waals surface area (Å²) in [5.74, 6) is 0.0438. The SMILES string of the molecule is CCn1cc(S(=O)(=O)NCCC(C)SC)c(N)n1. The Hall–Kier alpha value is -0.730. The van der Waals surface area contributed by atoms with Crippen molar-refractivity contribution < 1.29 is 8.42 Å². The molecule has 0 saturated heterocycles. The summed E-state index contributed by atoms with van der Waals surface area (Å²) >= 11 is 1.71. The minimum Gasteiger partial charge on any atom is -0.381 e. The van der Waals surface area contributed by atoms with Gasteiger partial charge in [0.05, 0.1) is 0 Å². The second-order valence-corrected chi connectivity index (χ2v) is 6.98. The van der Waals surface area contributed by atoms with Gasteiger partial charge in [0.15, 0.2) is 5.82 Å². The van der Waals surface area contributed by atoms with Gasteiger partial charge in [-0.25, -0.2) is 13.1 Å². The predicted molar refractivity (Wildman–Crippen MR) is 75.1 cm³/mol. The predicted octanol–water partition coefficient (Wildman–Crippen LogP) is 0.905. The highest BCUT2D eigenvalue weighted by Gasteiger charge is 2.20. The lowest BCUT2D eigenvalue weighted by molar-refractivity contribution is 0.578. The first-order valence-corrected chi connectivity index (χ1v) is 8.53. The Bertz CT molecular complexity index is 484. The fraction of sp³-hybridized carbons (Fsp3) is 0.700. The normalized spacial score (nSPS) is 13.7. The zero-order valence-corrected chi connectivity index (χ0v) is 12.5. The van der Waals surface area contributed by atoms with Gasteiger partial charge >= 0.3 is 0 Å². The highest BCUT2D eigenvalue weighted by Crippen LogP contribution is 2.16. The van der Waals surface area contributed by atoms with E-state index in [9.17, 15) is 8.42 Å². The molecule has 8 heteroatoms. The van der Waals surface area contributed by atoms with E-state index in [2.05, 4.69) is 16.7 Å². The molecule has 0 aliphatic carbocycles. The Morgan fingerprint density at radius 3 is 2.78 bits per heavy atom. The smallest absolute Gasteiger partial charge is 0.245 e. The van der Waals surface area contributed by atoms with E-state index in [1.807, 2.05) is 13.2 Å². The van der Waals surface area contributed by atoms with Gasteiger partial charge in [0.2, 0.25) is 10.0 Å². The van der Waals surface area contributed by atoms with Crippen LogP contribution in [0.25, 0.3) is 0 Å². The van der Waals surface area contributed by atoms with Crippen LogP contribution in [-0.2, 0) is 16.6 Å². The van der Waals surface area contributed by atoms with Gasteiger partial charge in [-0.2, -0.15) is 16.9 Å². The van der Waals surface area contributed by atoms with Crippen LogP contribution < -0.4 is 10.5 Å². The molecule has 104 valence electrons. The molecule has 0 fully saturated rings. The van der Waals surface area contributed by atoms with Crippen LogP contribution in [0.15, 0.2) is 11.1 Å². The van der Waals surface area contributed by atoms with Crippen molar-refractivity contribution in [2.24, 2.45) is 0 Å². The molecule has 3 N–H and O–H groups in total. The third-order valence-electron chi connectivity index (χ3n) is 2.61. The molecule has 18 heavy (non-hydrogen) atoms. The maximum absolute atomic E-state index is 12.0. The first-order valence-electron chi connectivity index (χ1n) is 5.76. The van der Waals surface area contributed by atoms with Crippen LogP contribution in [0.1, 0.15) is 20.3 Å². The number of nitrogen functional groups attached to an aromatic ring is 1. The Labute approximate surface area is 112 Å². The van der Waals surface area contributed by atoms with E-state index in [0.29, 0.717) is 18.3 Å². The maximum Gasteiger partial charge on any atom is 0.245 e. The van der Waals surface area contributed by atoms with Gasteiger partial charge in [-0.05, 0) is 19.6 Å². The van der Waals surface area contributed by atoms with Crippen molar-refractivity contribution in [3.05, 3.63) is 6.20 Å². The van der Waals surface area contributed by atoms with Crippen molar-refractivity contribution in [1.82, 2.24) is 14.5 Å². The van der Waals surface area contributed by atoms with E-state index in [-0.39, 0.29) is 10.7 Å². The summed E-state index contributed by atoms with van der Waals surface area (Å²) in [6, 6.07) is 0. The molecule has 0 aromatic carbocycles. The monoisotopic (exact) mass is 292 g/mol. The van der Waals surface area contributed by atoms with Crippen molar-refractivity contribution >= 4 is 27.6 Å². The van der Waals surface area contributed by atoms with Crippen LogP contribution in [0.4, 0.5) is 5.82 Å². The van der Waals surface area contributed by atoms with E-state index in [0.717, 1.165) is 6.42 Å². The third kappa shape index (κ3) is 3.89. The summed E-state index contributed by atoms with van der Waals surface area (Å²) in [6.07, 6.45) is 4.24. The molecule has 0 spiro atoms. The Morgan fingerprint density at radius 1 is 1.61 bits per heavy atom. The van der Waals surface area contributed by atoms with Crippen LogP contribution in [0.5, 0.6) is 0 Å². The number of nitrogens with zero attached hydrogens (tertiary/aromatic N) is 2. The van der Waals surface area contributed by atoms with Crippen molar-refractivity contribution in [3.8, 4) is 0 Å². The molecule has 6 nitrogen and oxygen atoms in total. The number of sulfonamides is 1. The lowest BCUT2D eigenvalue weighted by Crippen LogP contribution is -2.26. The average Bonchev–Trinajstić information content (AvgIpc) is 2.71. The number of hydrogen-bond donors (Lipinski definition) is 2. The molecule has 0 amide bonds. The van der Waals surface area contributed by atoms with Crippen molar-refractivity contribution in [2.45, 2.75) is 37.0 Å². The van der Waals surface area contributed by atoms with E-state index < -0.39 is 10.0 Å². The first-order chi connectivity index (χ1) is 8.40. The minimum atomic E-state index is -3.55. The molecular formula is C10H20N4O2S2. The van der Waals surface area contributed by atoms with Gasteiger partial charge in [0.1, 0.15) is 4.90 Å². The third-order valence-corrected chi connectivity index (χ3v) is 5.13. The Kier molecular flexibility index (Phi) is 5.48. The number of hydrogen-bond acceptors (Lipinski definition) is 5. The lowest BCUT2D eigenvalue weighted by Gasteiger charge is -2.09. The summed E-state index contributed by atoms with van der Waals surface area (Å²) in [7, 11) is -3.55. The molecular weight excluding hydrogens is 272 g/mol. The van der Waals surface area contributed by atoms with Crippen molar-refractivity contribution in [3.63, 3.8) is 0 Å². The summed E-state index contributed by atoms with van der Waals surface area (Å²) in [6.45, 7) is 4.92. The molecule has 1 atom stereocenters. The summed E-state index contributed by atoms with van der Waals surface area (Å²) in [5, 5.41) is 4.35. The zero-order chi connectivity index (χ0) is 13.8. The number of aryl methyl sites for hydroxylation is 1. The lowest BCUT2D eigenvalue weighted by atomic mass is 10.3. The Morgan fingerprint density at radius 2 is 2.28 bits per heavy atom. The quantitative estimate of drug-likeness (QED) is 0.779. The van der Waals surface area contributed by atoms with Gasteiger partial charge in [-0.15, -0.1) is 0 Å². The van der Waals surface area contributed by atoms with E-state index in [1.54, 1.807) is 11.8 Å². The second kappa shape index (κ2) is 6.44. The standard InChI is InChI=1S/C10H20N4O2S2/c1-4-14-7-9(10(11)13-14)18(15,16)12-6-5-8(2)17-3/h7-8,12H,4-6H2,1-3H3,(H2,11,13). The first kappa shape index (κ1) is 15.3.